The largest absolute Gasteiger partial charge is 0.355 e. The van der Waals surface area contributed by atoms with Crippen molar-refractivity contribution in [3.05, 3.63) is 69.2 Å². The number of amides is 4. The van der Waals surface area contributed by atoms with E-state index in [9.17, 15) is 19.2 Å². The fourth-order valence-corrected chi connectivity index (χ4v) is 4.56. The molecule has 4 amide bonds. The van der Waals surface area contributed by atoms with E-state index in [1.807, 2.05) is 13.8 Å². The van der Waals surface area contributed by atoms with Gasteiger partial charge < -0.3 is 10.2 Å². The van der Waals surface area contributed by atoms with Crippen molar-refractivity contribution >= 4 is 46.8 Å². The molecule has 0 aromatic heterocycles. The van der Waals surface area contributed by atoms with Crippen molar-refractivity contribution in [2.75, 3.05) is 13.1 Å². The van der Waals surface area contributed by atoms with E-state index in [1.54, 1.807) is 42.5 Å². The van der Waals surface area contributed by atoms with Crippen molar-refractivity contribution in [2.24, 2.45) is 0 Å². The Morgan fingerprint density at radius 2 is 1.56 bits per heavy atom. The van der Waals surface area contributed by atoms with E-state index >= 15 is 0 Å². The molecule has 3 rings (SSSR count). The molecule has 34 heavy (non-hydrogen) atoms. The lowest BCUT2D eigenvalue weighted by atomic mass is 10.1. The second-order valence-corrected chi connectivity index (χ2v) is 8.77. The van der Waals surface area contributed by atoms with E-state index in [2.05, 4.69) is 5.32 Å². The highest BCUT2D eigenvalue weighted by Gasteiger charge is 2.35. The molecule has 1 aliphatic heterocycles. The van der Waals surface area contributed by atoms with Gasteiger partial charge in [0.25, 0.3) is 11.8 Å². The van der Waals surface area contributed by atoms with Gasteiger partial charge in [-0.25, -0.2) is 0 Å². The molecular formula is C25H27Cl2N3O4. The summed E-state index contributed by atoms with van der Waals surface area (Å²) in [6.45, 7) is 4.25. The Kier molecular flexibility index (Phi) is 8.69. The standard InChI is InChI=1S/C25H27Cl2N3O4/c1-3-21(23(32)28-4-2)30(15-18-19(26)11-7-12-20(18)27)22(31)13-8-14-29-24(33)16-9-5-6-10-17(16)25(29)34/h5-7,9-12,21H,3-4,8,13-15H2,1-2H3,(H,28,32)/t21-/m0/s1. The zero-order valence-corrected chi connectivity index (χ0v) is 20.7. The predicted molar refractivity (Wildman–Crippen MR) is 131 cm³/mol. The van der Waals surface area contributed by atoms with E-state index in [-0.39, 0.29) is 49.6 Å². The lowest BCUT2D eigenvalue weighted by Crippen LogP contribution is -2.49. The fraction of sp³-hybridized carbons (Fsp3) is 0.360. The second-order valence-electron chi connectivity index (χ2n) is 7.95. The number of nitrogens with zero attached hydrogens (tertiary/aromatic N) is 2. The van der Waals surface area contributed by atoms with Crippen LogP contribution in [0, 0.1) is 0 Å². The van der Waals surface area contributed by atoms with Crippen LogP contribution >= 0.6 is 23.2 Å². The van der Waals surface area contributed by atoms with Crippen molar-refractivity contribution < 1.29 is 19.2 Å². The first-order valence-electron chi connectivity index (χ1n) is 11.2. The Balaban J connectivity index is 1.74. The summed E-state index contributed by atoms with van der Waals surface area (Å²) in [7, 11) is 0. The molecule has 0 radical (unpaired) electrons. The number of imide groups is 1. The number of likely N-dealkylation sites (N-methyl/N-ethyl adjacent to an activating group) is 1. The number of rotatable bonds is 10. The van der Waals surface area contributed by atoms with Gasteiger partial charge in [-0.2, -0.15) is 0 Å². The Labute approximate surface area is 209 Å². The molecule has 0 saturated heterocycles. The normalized spacial score (nSPS) is 13.6. The molecule has 1 atom stereocenters. The highest BCUT2D eigenvalue weighted by Crippen LogP contribution is 2.28. The first-order valence-corrected chi connectivity index (χ1v) is 12.0. The van der Waals surface area contributed by atoms with Gasteiger partial charge in [-0.05, 0) is 44.0 Å². The maximum Gasteiger partial charge on any atom is 0.261 e. The maximum absolute atomic E-state index is 13.3. The summed E-state index contributed by atoms with van der Waals surface area (Å²) in [5.74, 6) is -1.27. The Hall–Kier alpha value is -2.90. The van der Waals surface area contributed by atoms with Gasteiger partial charge in [0.2, 0.25) is 11.8 Å². The van der Waals surface area contributed by atoms with Crippen LogP contribution in [0.25, 0.3) is 0 Å². The zero-order chi connectivity index (χ0) is 24.8. The molecule has 1 N–H and O–H groups in total. The Morgan fingerprint density at radius 1 is 0.971 bits per heavy atom. The van der Waals surface area contributed by atoms with Gasteiger partial charge in [-0.15, -0.1) is 0 Å². The van der Waals surface area contributed by atoms with Crippen LogP contribution in [0.3, 0.4) is 0 Å². The molecule has 1 aliphatic rings. The molecule has 0 spiro atoms. The predicted octanol–water partition coefficient (Wildman–Crippen LogP) is 4.31. The summed E-state index contributed by atoms with van der Waals surface area (Å²) in [6.07, 6.45) is 0.715. The number of halogens is 2. The second kappa shape index (κ2) is 11.5. The van der Waals surface area contributed by atoms with Gasteiger partial charge in [-0.3, -0.25) is 24.1 Å². The van der Waals surface area contributed by atoms with Crippen molar-refractivity contribution in [2.45, 2.75) is 45.7 Å². The number of nitrogens with one attached hydrogen (secondary N) is 1. The number of hydrogen-bond acceptors (Lipinski definition) is 4. The van der Waals surface area contributed by atoms with Crippen molar-refractivity contribution in [1.82, 2.24) is 15.1 Å². The van der Waals surface area contributed by atoms with E-state index in [4.69, 9.17) is 23.2 Å². The average Bonchev–Trinajstić information content (AvgIpc) is 3.06. The lowest BCUT2D eigenvalue weighted by Gasteiger charge is -2.31. The van der Waals surface area contributed by atoms with Gasteiger partial charge in [0.1, 0.15) is 6.04 Å². The molecule has 1 heterocycles. The lowest BCUT2D eigenvalue weighted by molar-refractivity contribution is -0.141. The number of carbonyl (C=O) groups is 4. The third kappa shape index (κ3) is 5.42. The Morgan fingerprint density at radius 3 is 2.09 bits per heavy atom. The highest BCUT2D eigenvalue weighted by molar-refractivity contribution is 6.36. The average molecular weight is 504 g/mol. The SMILES string of the molecule is CCNC(=O)[C@H](CC)N(Cc1c(Cl)cccc1Cl)C(=O)CCCN1C(=O)c2ccccc2C1=O. The van der Waals surface area contributed by atoms with Gasteiger partial charge in [0.15, 0.2) is 0 Å². The minimum Gasteiger partial charge on any atom is -0.355 e. The van der Waals surface area contributed by atoms with E-state index in [0.717, 1.165) is 4.90 Å². The topological polar surface area (TPSA) is 86.8 Å². The minimum absolute atomic E-state index is 0.0470. The minimum atomic E-state index is -0.709. The quantitative estimate of drug-likeness (QED) is 0.489. The fourth-order valence-electron chi connectivity index (χ4n) is 4.04. The third-order valence-corrected chi connectivity index (χ3v) is 6.49. The summed E-state index contributed by atoms with van der Waals surface area (Å²) in [5.41, 5.74) is 1.30. The van der Waals surface area contributed by atoms with Crippen LogP contribution in [0.1, 0.15) is 59.4 Å². The number of carbonyl (C=O) groups excluding carboxylic acids is 4. The maximum atomic E-state index is 13.3. The van der Waals surface area contributed by atoms with Gasteiger partial charge in [-0.1, -0.05) is 48.3 Å². The van der Waals surface area contributed by atoms with Crippen LogP contribution in [0.2, 0.25) is 10.0 Å². The molecule has 0 fully saturated rings. The summed E-state index contributed by atoms with van der Waals surface area (Å²) in [6, 6.07) is 11.0. The Bertz CT molecular complexity index is 1050. The molecule has 2 aromatic rings. The first-order chi connectivity index (χ1) is 16.3. The monoisotopic (exact) mass is 503 g/mol. The summed E-state index contributed by atoms with van der Waals surface area (Å²) < 4.78 is 0. The molecule has 0 unspecified atom stereocenters. The van der Waals surface area contributed by atoms with Crippen LogP contribution in [-0.4, -0.2) is 52.6 Å². The van der Waals surface area contributed by atoms with E-state index in [1.165, 1.54) is 4.90 Å². The van der Waals surface area contributed by atoms with Crippen LogP contribution in [0.4, 0.5) is 0 Å². The van der Waals surface area contributed by atoms with Crippen LogP contribution in [0.15, 0.2) is 42.5 Å². The molecule has 7 nitrogen and oxygen atoms in total. The molecule has 9 heteroatoms. The van der Waals surface area contributed by atoms with Gasteiger partial charge in [0, 0.05) is 41.7 Å². The molecular weight excluding hydrogens is 477 g/mol. The van der Waals surface area contributed by atoms with Crippen LogP contribution in [0.5, 0.6) is 0 Å². The van der Waals surface area contributed by atoms with Gasteiger partial charge in [0.05, 0.1) is 11.1 Å². The van der Waals surface area contributed by atoms with Gasteiger partial charge >= 0.3 is 0 Å². The zero-order valence-electron chi connectivity index (χ0n) is 19.1. The van der Waals surface area contributed by atoms with Crippen molar-refractivity contribution in [1.29, 1.82) is 0 Å². The summed E-state index contributed by atoms with van der Waals surface area (Å²) in [4.78, 5) is 53.8. The van der Waals surface area contributed by atoms with Crippen molar-refractivity contribution in [3.63, 3.8) is 0 Å². The summed E-state index contributed by atoms with van der Waals surface area (Å²) >= 11 is 12.7. The molecule has 0 saturated carbocycles. The smallest absolute Gasteiger partial charge is 0.261 e. The molecule has 0 aliphatic carbocycles. The highest BCUT2D eigenvalue weighted by atomic mass is 35.5. The van der Waals surface area contributed by atoms with E-state index in [0.29, 0.717) is 39.7 Å². The molecule has 2 aromatic carbocycles. The summed E-state index contributed by atoms with van der Waals surface area (Å²) in [5, 5.41) is 3.58. The third-order valence-electron chi connectivity index (χ3n) is 5.78. The first kappa shape index (κ1) is 25.7. The number of benzene rings is 2. The van der Waals surface area contributed by atoms with E-state index < -0.39 is 6.04 Å². The van der Waals surface area contributed by atoms with Crippen LogP contribution in [-0.2, 0) is 16.1 Å². The molecule has 180 valence electrons. The number of hydrogen-bond donors (Lipinski definition) is 1. The number of fused-ring (bicyclic) bond motifs is 1. The van der Waals surface area contributed by atoms with Crippen LogP contribution < -0.4 is 5.32 Å². The molecule has 0 bridgehead atoms. The van der Waals surface area contributed by atoms with Crippen molar-refractivity contribution in [3.8, 4) is 0 Å².